The monoisotopic (exact) mass is 973 g/mol. The smallest absolute Gasteiger partial charge is 0.246 e. The Hall–Kier alpha value is -7.10. The Kier molecular flexibility index (Phi) is 20.5. The highest BCUT2D eigenvalue weighted by atomic mass is 16.3. The van der Waals surface area contributed by atoms with E-state index in [9.17, 15) is 48.3 Å². The van der Waals surface area contributed by atoms with E-state index >= 15 is 0 Å². The van der Waals surface area contributed by atoms with E-state index in [4.69, 9.17) is 16.9 Å². The van der Waals surface area contributed by atoms with Crippen LogP contribution in [0.3, 0.4) is 0 Å². The first kappa shape index (κ1) is 53.8. The lowest BCUT2D eigenvalue weighted by Gasteiger charge is -2.34. The fraction of sp³-hybridized carbons (Fsp3) is 0.542. The number of nitrogens with one attached hydrogen (secondary N) is 8. The maximum absolute atomic E-state index is 14.5. The molecular weight excluding hydrogens is 905 g/mol. The fourth-order valence-electron chi connectivity index (χ4n) is 8.96. The second kappa shape index (κ2) is 26.6. The summed E-state index contributed by atoms with van der Waals surface area (Å²) in [7, 11) is 0. The number of hydrogen-bond acceptors (Lipinski definition) is 11. The summed E-state index contributed by atoms with van der Waals surface area (Å²) in [6.45, 7) is 1.46. The highest BCUT2D eigenvalue weighted by molar-refractivity contribution is 6.00. The highest BCUT2D eigenvalue weighted by Crippen LogP contribution is 2.26. The number of rotatable bonds is 15. The van der Waals surface area contributed by atoms with Crippen molar-refractivity contribution in [2.75, 3.05) is 26.2 Å². The molecule has 380 valence electrons. The highest BCUT2D eigenvalue weighted by Gasteiger charge is 2.44. The summed E-state index contributed by atoms with van der Waals surface area (Å²) >= 11 is 0. The van der Waals surface area contributed by atoms with Gasteiger partial charge >= 0.3 is 0 Å². The third kappa shape index (κ3) is 15.5. The molecule has 0 aliphatic carbocycles. The molecule has 3 heterocycles. The number of fused-ring (bicyclic) bond motifs is 2. The Morgan fingerprint density at radius 1 is 0.614 bits per heavy atom. The van der Waals surface area contributed by atoms with Crippen molar-refractivity contribution < 1.29 is 48.3 Å². The van der Waals surface area contributed by atoms with Crippen LogP contribution in [-0.4, -0.2) is 149 Å². The first-order valence-corrected chi connectivity index (χ1v) is 24.1. The molecule has 0 aromatic heterocycles. The average Bonchev–Trinajstić information content (AvgIpc) is 4.05. The molecule has 3 saturated heterocycles. The predicted molar refractivity (Wildman–Crippen MR) is 256 cm³/mol. The molecule has 8 atom stereocenters. The number of unbranched alkanes of at least 4 members (excludes halogenated alkanes) is 1. The van der Waals surface area contributed by atoms with Crippen molar-refractivity contribution >= 4 is 59.1 Å². The van der Waals surface area contributed by atoms with E-state index in [2.05, 4.69) is 37.2 Å². The summed E-state index contributed by atoms with van der Waals surface area (Å²) in [5.41, 5.74) is 12.5. The zero-order chi connectivity index (χ0) is 50.7. The summed E-state index contributed by atoms with van der Waals surface area (Å²) in [5.74, 6) is -7.50. The number of primary amides is 1. The number of guanidine groups is 1. The fourth-order valence-corrected chi connectivity index (χ4v) is 8.96. The topological polar surface area (TPSA) is 340 Å². The van der Waals surface area contributed by atoms with E-state index in [0.717, 1.165) is 5.56 Å². The van der Waals surface area contributed by atoms with Gasteiger partial charge in [0.1, 0.15) is 48.3 Å². The van der Waals surface area contributed by atoms with Crippen LogP contribution in [0.15, 0.2) is 60.7 Å². The lowest BCUT2D eigenvalue weighted by atomic mass is 10.0. The molecule has 2 aromatic carbocycles. The maximum Gasteiger partial charge on any atom is 0.246 e. The van der Waals surface area contributed by atoms with Crippen molar-refractivity contribution in [2.24, 2.45) is 11.5 Å². The van der Waals surface area contributed by atoms with Crippen LogP contribution in [0.4, 0.5) is 0 Å². The quantitative estimate of drug-likeness (QED) is 0.0529. The van der Waals surface area contributed by atoms with Gasteiger partial charge in [-0.15, -0.1) is 0 Å². The van der Waals surface area contributed by atoms with E-state index in [1.807, 2.05) is 19.1 Å². The average molecular weight is 973 g/mol. The van der Waals surface area contributed by atoms with Gasteiger partial charge in [-0.3, -0.25) is 48.6 Å². The minimum atomic E-state index is -1.71. The molecule has 3 aliphatic heterocycles. The number of amides is 9. The summed E-state index contributed by atoms with van der Waals surface area (Å²) in [6.07, 6.45) is 2.32. The SMILES string of the molecule is CCCC[C@@H]1NC(=O)[C@H](CO)NC(=O)[C@H](CC(N)=O)NC(=O)[C@H](CCc2ccccc2)NC(=O)[C@H](Cc2ccccc2)NC(=O)[C@H](CCCNC(=N)N)NC(=O)[C@@H]2CCCN2C(=O)[C@H]2CCCN2C1=O. The Balaban J connectivity index is 1.56. The molecule has 13 N–H and O–H groups in total. The molecule has 5 rings (SSSR count). The molecular formula is C48H68N12O10. The van der Waals surface area contributed by atoms with Gasteiger partial charge in [-0.2, -0.15) is 0 Å². The van der Waals surface area contributed by atoms with Gasteiger partial charge in [0.15, 0.2) is 5.96 Å². The van der Waals surface area contributed by atoms with Crippen molar-refractivity contribution in [3.8, 4) is 0 Å². The van der Waals surface area contributed by atoms with E-state index in [-0.39, 0.29) is 77.0 Å². The number of nitrogens with zero attached hydrogens (tertiary/aromatic N) is 2. The van der Waals surface area contributed by atoms with Crippen molar-refractivity contribution in [2.45, 2.75) is 139 Å². The van der Waals surface area contributed by atoms with Gasteiger partial charge in [0.25, 0.3) is 0 Å². The molecule has 70 heavy (non-hydrogen) atoms. The molecule has 3 fully saturated rings. The molecule has 2 aromatic rings. The number of benzene rings is 2. The van der Waals surface area contributed by atoms with Crippen molar-refractivity contribution in [3.63, 3.8) is 0 Å². The van der Waals surface area contributed by atoms with E-state index < -0.39 is 115 Å². The van der Waals surface area contributed by atoms with Crippen LogP contribution < -0.4 is 48.7 Å². The van der Waals surface area contributed by atoms with Crippen molar-refractivity contribution in [1.82, 2.24) is 47.0 Å². The molecule has 0 saturated carbocycles. The van der Waals surface area contributed by atoms with Gasteiger partial charge in [-0.25, -0.2) is 0 Å². The van der Waals surface area contributed by atoms with Gasteiger partial charge in [-0.1, -0.05) is 80.4 Å². The molecule has 22 nitrogen and oxygen atoms in total. The van der Waals surface area contributed by atoms with Crippen LogP contribution in [0, 0.1) is 5.41 Å². The van der Waals surface area contributed by atoms with Crippen LogP contribution in [0.2, 0.25) is 0 Å². The van der Waals surface area contributed by atoms with Gasteiger partial charge in [0, 0.05) is 26.1 Å². The Morgan fingerprint density at radius 3 is 1.71 bits per heavy atom. The number of aliphatic hydroxyl groups is 1. The van der Waals surface area contributed by atoms with Gasteiger partial charge in [0.2, 0.25) is 53.2 Å². The maximum atomic E-state index is 14.5. The third-order valence-corrected chi connectivity index (χ3v) is 12.7. The Labute approximate surface area is 407 Å². The molecule has 22 heteroatoms. The molecule has 0 bridgehead atoms. The second-order valence-corrected chi connectivity index (χ2v) is 17.9. The summed E-state index contributed by atoms with van der Waals surface area (Å²) in [4.78, 5) is 129. The van der Waals surface area contributed by atoms with Crippen LogP contribution in [0.1, 0.15) is 88.7 Å². The van der Waals surface area contributed by atoms with Gasteiger partial charge in [-0.05, 0) is 68.9 Å². The van der Waals surface area contributed by atoms with Crippen LogP contribution in [0.25, 0.3) is 0 Å². The minimum absolute atomic E-state index is 0.0104. The van der Waals surface area contributed by atoms with E-state index in [1.54, 1.807) is 48.5 Å². The minimum Gasteiger partial charge on any atom is -0.394 e. The predicted octanol–water partition coefficient (Wildman–Crippen LogP) is -1.91. The number of carbonyl (C=O) groups excluding carboxylic acids is 9. The Bertz CT molecular complexity index is 2180. The number of hydrogen-bond donors (Lipinski definition) is 11. The molecule has 9 amide bonds. The summed E-state index contributed by atoms with van der Waals surface area (Å²) < 4.78 is 0. The zero-order valence-electron chi connectivity index (χ0n) is 39.6. The molecule has 0 radical (unpaired) electrons. The lowest BCUT2D eigenvalue weighted by molar-refractivity contribution is -0.148. The first-order chi connectivity index (χ1) is 33.6. The standard InChI is InChI=1S/C48H68N12O10/c1-2-3-17-33-46(69)60-25-12-20-38(60)47(70)59-24-11-19-37(59)45(68)54-31(18-10-23-52-48(50)51)40(63)56-34(26-30-15-8-5-9-16-30)42(65)53-32(22-21-29-13-6-4-7-14-29)41(64)57-35(27-39(49)62)43(66)58-36(28-61)44(67)55-33/h4-9,13-16,31-38,61H,2-3,10-12,17-28H2,1H3,(H2,49,62)(H,53,65)(H,54,68)(H,55,67)(H,56,63)(H,57,64)(H,58,66)(H4,50,51,52)/t31-,32-,33-,34-,35-,36-,37-,38+/m0/s1. The van der Waals surface area contributed by atoms with Crippen molar-refractivity contribution in [3.05, 3.63) is 71.8 Å². The van der Waals surface area contributed by atoms with Crippen LogP contribution in [-0.2, 0) is 56.0 Å². The first-order valence-electron chi connectivity index (χ1n) is 24.1. The van der Waals surface area contributed by atoms with Gasteiger partial charge in [0.05, 0.1) is 13.0 Å². The van der Waals surface area contributed by atoms with E-state index in [1.165, 1.54) is 9.80 Å². The number of aliphatic hydroxyl groups excluding tert-OH is 1. The van der Waals surface area contributed by atoms with E-state index in [0.29, 0.717) is 31.2 Å². The largest absolute Gasteiger partial charge is 0.394 e. The normalized spacial score (nSPS) is 25.5. The van der Waals surface area contributed by atoms with Crippen LogP contribution in [0.5, 0.6) is 0 Å². The number of carbonyl (C=O) groups is 9. The summed E-state index contributed by atoms with van der Waals surface area (Å²) in [5, 5.41) is 36.5. The molecule has 3 aliphatic rings. The third-order valence-electron chi connectivity index (χ3n) is 12.7. The number of nitrogens with two attached hydrogens (primary N) is 2. The summed E-state index contributed by atoms with van der Waals surface area (Å²) in [6, 6.07) is 7.15. The Morgan fingerprint density at radius 2 is 1.10 bits per heavy atom. The molecule has 0 spiro atoms. The number of aryl methyl sites for hydroxylation is 1. The van der Waals surface area contributed by atoms with Crippen molar-refractivity contribution in [1.29, 1.82) is 5.41 Å². The second-order valence-electron chi connectivity index (χ2n) is 17.9. The van der Waals surface area contributed by atoms with Gasteiger partial charge < -0.3 is 63.6 Å². The van der Waals surface area contributed by atoms with Crippen LogP contribution >= 0.6 is 0 Å². The molecule has 0 unspecified atom stereocenters. The zero-order valence-corrected chi connectivity index (χ0v) is 39.6. The lowest BCUT2D eigenvalue weighted by Crippen LogP contribution is -2.62.